The fourth-order valence-corrected chi connectivity index (χ4v) is 5.20. The zero-order chi connectivity index (χ0) is 21.1. The second kappa shape index (κ2) is 8.25. The van der Waals surface area contributed by atoms with E-state index in [1.807, 2.05) is 12.1 Å². The van der Waals surface area contributed by atoms with E-state index in [2.05, 4.69) is 10.3 Å². The fraction of sp³-hybridized carbons (Fsp3) is 0.0909. The third-order valence-electron chi connectivity index (χ3n) is 4.58. The van der Waals surface area contributed by atoms with Crippen molar-refractivity contribution >= 4 is 37.2 Å². The number of sulfone groups is 1. The first-order valence-corrected chi connectivity index (χ1v) is 11.4. The number of ether oxygens (including phenoxy) is 1. The maximum atomic E-state index is 12.8. The molecule has 0 spiro atoms. The van der Waals surface area contributed by atoms with Crippen molar-refractivity contribution in [1.29, 1.82) is 0 Å². The van der Waals surface area contributed by atoms with Gasteiger partial charge in [-0.1, -0.05) is 18.2 Å². The van der Waals surface area contributed by atoms with Crippen molar-refractivity contribution in [2.75, 3.05) is 7.11 Å². The van der Waals surface area contributed by atoms with Crippen LogP contribution >= 0.6 is 11.3 Å². The van der Waals surface area contributed by atoms with Crippen LogP contribution in [0.4, 0.5) is 0 Å². The van der Waals surface area contributed by atoms with Crippen molar-refractivity contribution in [1.82, 2.24) is 10.3 Å². The SMILES string of the molecule is COc1cccc(S(=O)(=O)c2ccc(CNC(=O)c3cc4ccncc4s3)cc2)c1. The van der Waals surface area contributed by atoms with E-state index in [9.17, 15) is 13.2 Å². The molecule has 1 N–H and O–H groups in total. The molecule has 0 atom stereocenters. The number of rotatable bonds is 6. The second-order valence-corrected chi connectivity index (χ2v) is 9.57. The molecular formula is C22H18N2O4S2. The highest BCUT2D eigenvalue weighted by atomic mass is 32.2. The van der Waals surface area contributed by atoms with Crippen molar-refractivity contribution in [3.63, 3.8) is 0 Å². The quantitative estimate of drug-likeness (QED) is 0.491. The molecule has 0 aliphatic carbocycles. The van der Waals surface area contributed by atoms with Crippen molar-refractivity contribution in [3.8, 4) is 5.75 Å². The molecule has 8 heteroatoms. The standard InChI is InChI=1S/C22H18N2O4S2/c1-28-17-3-2-4-19(12-17)30(26,27)18-7-5-15(6-8-18)13-24-22(25)20-11-16-9-10-23-14-21(16)29-20/h2-12,14H,13H2,1H3,(H,24,25). The Balaban J connectivity index is 1.46. The molecule has 2 aromatic heterocycles. The molecule has 0 aliphatic heterocycles. The highest BCUT2D eigenvalue weighted by Crippen LogP contribution is 2.25. The number of hydrogen-bond donors (Lipinski definition) is 1. The predicted molar refractivity (Wildman–Crippen MR) is 116 cm³/mol. The maximum absolute atomic E-state index is 12.8. The van der Waals surface area contributed by atoms with E-state index in [1.54, 1.807) is 48.8 Å². The van der Waals surface area contributed by atoms with E-state index in [4.69, 9.17) is 4.74 Å². The largest absolute Gasteiger partial charge is 0.497 e. The van der Waals surface area contributed by atoms with E-state index in [0.717, 1.165) is 15.6 Å². The zero-order valence-electron chi connectivity index (χ0n) is 16.0. The highest BCUT2D eigenvalue weighted by Gasteiger charge is 2.18. The normalized spacial score (nSPS) is 11.4. The van der Waals surface area contributed by atoms with Gasteiger partial charge in [-0.05, 0) is 53.4 Å². The Hall–Kier alpha value is -3.23. The molecule has 30 heavy (non-hydrogen) atoms. The van der Waals surface area contributed by atoms with Crippen LogP contribution in [0.3, 0.4) is 0 Å². The van der Waals surface area contributed by atoms with Gasteiger partial charge in [-0.15, -0.1) is 11.3 Å². The molecule has 152 valence electrons. The summed E-state index contributed by atoms with van der Waals surface area (Å²) >= 11 is 1.38. The number of nitrogens with zero attached hydrogens (tertiary/aromatic N) is 1. The maximum Gasteiger partial charge on any atom is 0.261 e. The van der Waals surface area contributed by atoms with Crippen LogP contribution in [-0.2, 0) is 16.4 Å². The Morgan fingerprint density at radius 1 is 1.07 bits per heavy atom. The molecule has 0 fully saturated rings. The minimum atomic E-state index is -3.65. The average molecular weight is 439 g/mol. The number of amides is 1. The third kappa shape index (κ3) is 4.05. The van der Waals surface area contributed by atoms with Crippen LogP contribution in [0, 0.1) is 0 Å². The monoisotopic (exact) mass is 438 g/mol. The molecule has 1 amide bonds. The number of hydrogen-bond acceptors (Lipinski definition) is 6. The van der Waals surface area contributed by atoms with Crippen LogP contribution in [-0.4, -0.2) is 26.4 Å². The van der Waals surface area contributed by atoms with Gasteiger partial charge < -0.3 is 10.1 Å². The Morgan fingerprint density at radius 2 is 1.87 bits per heavy atom. The number of carbonyl (C=O) groups excluding carboxylic acids is 1. The molecule has 0 unspecified atom stereocenters. The number of nitrogens with one attached hydrogen (secondary N) is 1. The zero-order valence-corrected chi connectivity index (χ0v) is 17.7. The lowest BCUT2D eigenvalue weighted by molar-refractivity contribution is 0.0955. The van der Waals surface area contributed by atoms with Gasteiger partial charge in [0.1, 0.15) is 5.75 Å². The Morgan fingerprint density at radius 3 is 2.60 bits per heavy atom. The molecule has 0 aliphatic rings. The van der Waals surface area contributed by atoms with E-state index in [1.165, 1.54) is 30.6 Å². The average Bonchev–Trinajstić information content (AvgIpc) is 3.22. The Bertz CT molecular complexity index is 1280. The first-order chi connectivity index (χ1) is 14.5. The van der Waals surface area contributed by atoms with Crippen molar-refractivity contribution < 1.29 is 17.9 Å². The fourth-order valence-electron chi connectivity index (χ4n) is 2.96. The molecule has 0 saturated heterocycles. The van der Waals surface area contributed by atoms with Gasteiger partial charge in [0.2, 0.25) is 9.84 Å². The van der Waals surface area contributed by atoms with Crippen molar-refractivity contribution in [2.45, 2.75) is 16.3 Å². The summed E-state index contributed by atoms with van der Waals surface area (Å²) in [5.74, 6) is 0.303. The van der Waals surface area contributed by atoms with Crippen molar-refractivity contribution in [2.24, 2.45) is 0 Å². The lowest BCUT2D eigenvalue weighted by Crippen LogP contribution is -2.21. The molecule has 0 radical (unpaired) electrons. The lowest BCUT2D eigenvalue weighted by Gasteiger charge is -2.08. The summed E-state index contributed by atoms with van der Waals surface area (Å²) in [7, 11) is -2.16. The third-order valence-corrected chi connectivity index (χ3v) is 7.44. The summed E-state index contributed by atoms with van der Waals surface area (Å²) < 4.78 is 31.7. The summed E-state index contributed by atoms with van der Waals surface area (Å²) in [5.41, 5.74) is 0.802. The molecule has 0 saturated carbocycles. The van der Waals surface area contributed by atoms with Gasteiger partial charge in [-0.3, -0.25) is 9.78 Å². The molecule has 4 rings (SSSR count). The smallest absolute Gasteiger partial charge is 0.261 e. The van der Waals surface area contributed by atoms with Crippen LogP contribution in [0.1, 0.15) is 15.2 Å². The summed E-state index contributed by atoms with van der Waals surface area (Å²) in [4.78, 5) is 17.5. The molecule has 6 nitrogen and oxygen atoms in total. The first-order valence-electron chi connectivity index (χ1n) is 9.07. The predicted octanol–water partition coefficient (Wildman–Crippen LogP) is 4.07. The summed E-state index contributed by atoms with van der Waals surface area (Å²) in [6.07, 6.45) is 3.43. The number of thiophene rings is 1. The van der Waals surface area contributed by atoms with Crippen LogP contribution < -0.4 is 10.1 Å². The lowest BCUT2D eigenvalue weighted by atomic mass is 10.2. The van der Waals surface area contributed by atoms with Gasteiger partial charge in [0.15, 0.2) is 0 Å². The molecule has 2 heterocycles. The first kappa shape index (κ1) is 20.1. The van der Waals surface area contributed by atoms with Crippen LogP contribution in [0.25, 0.3) is 10.1 Å². The second-order valence-electron chi connectivity index (χ2n) is 6.53. The van der Waals surface area contributed by atoms with Gasteiger partial charge >= 0.3 is 0 Å². The number of methoxy groups -OCH3 is 1. The van der Waals surface area contributed by atoms with Gasteiger partial charge in [0.25, 0.3) is 5.91 Å². The topological polar surface area (TPSA) is 85.4 Å². The number of benzene rings is 2. The van der Waals surface area contributed by atoms with Gasteiger partial charge in [0, 0.05) is 18.9 Å². The van der Waals surface area contributed by atoms with E-state index >= 15 is 0 Å². The molecule has 2 aromatic carbocycles. The van der Waals surface area contributed by atoms with Gasteiger partial charge in [-0.2, -0.15) is 0 Å². The number of aromatic nitrogens is 1. The van der Waals surface area contributed by atoms with Crippen molar-refractivity contribution in [3.05, 3.63) is 83.5 Å². The van der Waals surface area contributed by atoms with E-state index < -0.39 is 9.84 Å². The number of fused-ring (bicyclic) bond motifs is 1. The Labute approximate surface area is 178 Å². The molecular weight excluding hydrogens is 420 g/mol. The van der Waals surface area contributed by atoms with E-state index in [0.29, 0.717) is 17.2 Å². The summed E-state index contributed by atoms with van der Waals surface area (Å²) in [6.45, 7) is 0.296. The summed E-state index contributed by atoms with van der Waals surface area (Å²) in [5, 5.41) is 3.85. The van der Waals surface area contributed by atoms with E-state index in [-0.39, 0.29) is 15.7 Å². The highest BCUT2D eigenvalue weighted by molar-refractivity contribution is 7.91. The number of carbonyl (C=O) groups is 1. The Kier molecular flexibility index (Phi) is 5.52. The minimum absolute atomic E-state index is 0.169. The molecule has 0 bridgehead atoms. The number of pyridine rings is 1. The van der Waals surface area contributed by atoms with Crippen LogP contribution in [0.5, 0.6) is 5.75 Å². The van der Waals surface area contributed by atoms with Crippen LogP contribution in [0.2, 0.25) is 0 Å². The molecule has 4 aromatic rings. The van der Waals surface area contributed by atoms with Crippen LogP contribution in [0.15, 0.2) is 82.8 Å². The minimum Gasteiger partial charge on any atom is -0.497 e. The summed E-state index contributed by atoms with van der Waals surface area (Å²) in [6, 6.07) is 16.5. The van der Waals surface area contributed by atoms with Gasteiger partial charge in [0.05, 0.1) is 26.5 Å². The van der Waals surface area contributed by atoms with Gasteiger partial charge in [-0.25, -0.2) is 8.42 Å².